The lowest BCUT2D eigenvalue weighted by Gasteiger charge is -2.11. The van der Waals surface area contributed by atoms with Gasteiger partial charge in [0.2, 0.25) is 0 Å². The molecule has 0 bridgehead atoms. The Kier molecular flexibility index (Phi) is 5.27. The molecule has 0 amide bonds. The summed E-state index contributed by atoms with van der Waals surface area (Å²) in [7, 11) is 0. The normalized spacial score (nSPS) is 10.0. The minimum atomic E-state index is -0.751. The highest BCUT2D eigenvalue weighted by molar-refractivity contribution is 9.10. The first-order valence-corrected chi connectivity index (χ1v) is 5.98. The summed E-state index contributed by atoms with van der Waals surface area (Å²) in [5, 5.41) is 2.66. The highest BCUT2D eigenvalue weighted by Crippen LogP contribution is 2.26. The number of anilines is 1. The third-order valence-electron chi connectivity index (χ3n) is 2.05. The molecule has 6 heteroatoms. The van der Waals surface area contributed by atoms with E-state index in [-0.39, 0.29) is 28.9 Å². The molecule has 0 saturated heterocycles. The van der Waals surface area contributed by atoms with Crippen LogP contribution in [-0.2, 0) is 9.53 Å². The van der Waals surface area contributed by atoms with Crippen LogP contribution >= 0.6 is 15.9 Å². The van der Waals surface area contributed by atoms with E-state index in [0.29, 0.717) is 0 Å². The van der Waals surface area contributed by atoms with Crippen LogP contribution in [0.5, 0.6) is 0 Å². The van der Waals surface area contributed by atoms with Crippen molar-refractivity contribution >= 4 is 27.6 Å². The van der Waals surface area contributed by atoms with Crippen molar-refractivity contribution in [2.24, 2.45) is 0 Å². The molecule has 1 aromatic rings. The van der Waals surface area contributed by atoms with Crippen molar-refractivity contribution in [3.05, 3.63) is 40.4 Å². The van der Waals surface area contributed by atoms with Gasteiger partial charge in [0, 0.05) is 22.7 Å². The largest absolute Gasteiger partial charge is 0.463 e. The van der Waals surface area contributed by atoms with Crippen molar-refractivity contribution in [3.63, 3.8) is 0 Å². The Hall–Kier alpha value is -1.43. The van der Waals surface area contributed by atoms with E-state index < -0.39 is 17.6 Å². The van der Waals surface area contributed by atoms with E-state index >= 15 is 0 Å². The highest BCUT2D eigenvalue weighted by Gasteiger charge is 2.12. The van der Waals surface area contributed by atoms with Crippen LogP contribution in [0.1, 0.15) is 6.92 Å². The van der Waals surface area contributed by atoms with Crippen LogP contribution in [0.3, 0.4) is 0 Å². The van der Waals surface area contributed by atoms with E-state index in [9.17, 15) is 13.6 Å². The van der Waals surface area contributed by atoms with Gasteiger partial charge in [0.1, 0.15) is 11.6 Å². The summed E-state index contributed by atoms with van der Waals surface area (Å²) in [4.78, 5) is 11.3. The second-order valence-corrected chi connectivity index (χ2v) is 4.28. The van der Waals surface area contributed by atoms with Gasteiger partial charge in [-0.15, -0.1) is 0 Å². The van der Waals surface area contributed by atoms with Gasteiger partial charge in [-0.05, 0) is 28.9 Å². The first kappa shape index (κ1) is 14.6. The summed E-state index contributed by atoms with van der Waals surface area (Å²) in [6, 6.07) is 1.87. The Bertz CT molecular complexity index is 454. The summed E-state index contributed by atoms with van der Waals surface area (Å²) in [6.45, 7) is 5.45. The average Bonchev–Trinajstić information content (AvgIpc) is 2.27. The first-order valence-electron chi connectivity index (χ1n) is 5.19. The molecule has 3 nitrogen and oxygen atoms in total. The number of benzene rings is 1. The van der Waals surface area contributed by atoms with Gasteiger partial charge >= 0.3 is 5.97 Å². The lowest BCUT2D eigenvalue weighted by Crippen LogP contribution is -2.15. The molecule has 0 aliphatic carbocycles. The van der Waals surface area contributed by atoms with Gasteiger partial charge in [-0.25, -0.2) is 13.6 Å². The van der Waals surface area contributed by atoms with Crippen molar-refractivity contribution in [1.82, 2.24) is 0 Å². The van der Waals surface area contributed by atoms with Crippen LogP contribution in [0, 0.1) is 11.6 Å². The molecule has 0 spiro atoms. The van der Waals surface area contributed by atoms with E-state index in [4.69, 9.17) is 4.74 Å². The maximum atomic E-state index is 13.4. The van der Waals surface area contributed by atoms with Crippen LogP contribution in [0.25, 0.3) is 0 Å². The molecule has 1 rings (SSSR count). The highest BCUT2D eigenvalue weighted by atomic mass is 79.9. The molecular formula is C12H12BrF2NO2. The number of carbonyl (C=O) groups is 1. The van der Waals surface area contributed by atoms with E-state index in [1.54, 1.807) is 6.92 Å². The summed E-state index contributed by atoms with van der Waals surface area (Å²) >= 11 is 3.03. The minimum absolute atomic E-state index is 0.0139. The average molecular weight is 320 g/mol. The van der Waals surface area contributed by atoms with Crippen molar-refractivity contribution in [2.75, 3.05) is 18.5 Å². The van der Waals surface area contributed by atoms with E-state index in [2.05, 4.69) is 27.8 Å². The third kappa shape index (κ3) is 3.80. The van der Waals surface area contributed by atoms with Gasteiger partial charge in [0.05, 0.1) is 12.3 Å². The summed E-state index contributed by atoms with van der Waals surface area (Å²) in [5.74, 6) is -1.99. The standard InChI is InChI=1S/C12H12BrF2NO2/c1-3-18-12(17)7(2)6-16-11-9(13)4-8(14)5-10(11)15/h4-5,16H,2-3,6H2,1H3. The van der Waals surface area contributed by atoms with Crippen LogP contribution in [0.4, 0.5) is 14.5 Å². The molecule has 0 heterocycles. The van der Waals surface area contributed by atoms with Gasteiger partial charge in [-0.3, -0.25) is 0 Å². The molecule has 0 aliphatic rings. The zero-order chi connectivity index (χ0) is 13.7. The Morgan fingerprint density at radius 3 is 2.72 bits per heavy atom. The SMILES string of the molecule is C=C(CNc1c(F)cc(F)cc1Br)C(=O)OCC. The molecule has 0 radical (unpaired) electrons. The van der Waals surface area contributed by atoms with E-state index in [0.717, 1.165) is 12.1 Å². The zero-order valence-corrected chi connectivity index (χ0v) is 11.3. The molecule has 0 atom stereocenters. The topological polar surface area (TPSA) is 38.3 Å². The molecule has 1 N–H and O–H groups in total. The second-order valence-electron chi connectivity index (χ2n) is 3.42. The van der Waals surface area contributed by atoms with Gasteiger partial charge in [0.25, 0.3) is 0 Å². The molecule has 0 fully saturated rings. The summed E-state index contributed by atoms with van der Waals surface area (Å²) in [5.41, 5.74) is 0.231. The molecule has 0 aliphatic heterocycles. The Labute approximate surface area is 112 Å². The van der Waals surface area contributed by atoms with Crippen LogP contribution in [0.15, 0.2) is 28.8 Å². The van der Waals surface area contributed by atoms with Crippen molar-refractivity contribution < 1.29 is 18.3 Å². The van der Waals surface area contributed by atoms with Gasteiger partial charge in [-0.2, -0.15) is 0 Å². The first-order chi connectivity index (χ1) is 8.45. The predicted octanol–water partition coefficient (Wildman–Crippen LogP) is 3.26. The van der Waals surface area contributed by atoms with Crippen LogP contribution in [0.2, 0.25) is 0 Å². The number of ether oxygens (including phenoxy) is 1. The summed E-state index contributed by atoms with van der Waals surface area (Å²) < 4.78 is 31.2. The fraction of sp³-hybridized carbons (Fsp3) is 0.250. The quantitative estimate of drug-likeness (QED) is 0.668. The van der Waals surface area contributed by atoms with Gasteiger partial charge < -0.3 is 10.1 Å². The fourth-order valence-corrected chi connectivity index (χ4v) is 1.76. The monoisotopic (exact) mass is 319 g/mol. The number of hydrogen-bond acceptors (Lipinski definition) is 3. The number of rotatable bonds is 5. The third-order valence-corrected chi connectivity index (χ3v) is 2.67. The maximum absolute atomic E-state index is 13.4. The van der Waals surface area contributed by atoms with E-state index in [1.807, 2.05) is 0 Å². The van der Waals surface area contributed by atoms with E-state index in [1.165, 1.54) is 0 Å². The molecule has 98 valence electrons. The lowest BCUT2D eigenvalue weighted by atomic mass is 10.2. The number of carbonyl (C=O) groups excluding carboxylic acids is 1. The number of esters is 1. The smallest absolute Gasteiger partial charge is 0.335 e. The van der Waals surface area contributed by atoms with Gasteiger partial charge in [0.15, 0.2) is 0 Å². The molecule has 1 aromatic carbocycles. The van der Waals surface area contributed by atoms with Crippen molar-refractivity contribution in [2.45, 2.75) is 6.92 Å². The number of hydrogen-bond donors (Lipinski definition) is 1. The molecule has 0 unspecified atom stereocenters. The van der Waals surface area contributed by atoms with Crippen LogP contribution in [-0.4, -0.2) is 19.1 Å². The predicted molar refractivity (Wildman–Crippen MR) is 68.3 cm³/mol. The summed E-state index contributed by atoms with van der Waals surface area (Å²) in [6.07, 6.45) is 0. The maximum Gasteiger partial charge on any atom is 0.335 e. The van der Waals surface area contributed by atoms with Crippen molar-refractivity contribution in [1.29, 1.82) is 0 Å². The Morgan fingerprint density at radius 2 is 2.17 bits per heavy atom. The van der Waals surface area contributed by atoms with Crippen LogP contribution < -0.4 is 5.32 Å². The fourth-order valence-electron chi connectivity index (χ4n) is 1.21. The molecule has 18 heavy (non-hydrogen) atoms. The number of nitrogens with one attached hydrogen (secondary N) is 1. The van der Waals surface area contributed by atoms with Crippen molar-refractivity contribution in [3.8, 4) is 0 Å². The Morgan fingerprint density at radius 1 is 1.50 bits per heavy atom. The van der Waals surface area contributed by atoms with Gasteiger partial charge in [-0.1, -0.05) is 6.58 Å². The number of halogens is 3. The Balaban J connectivity index is 2.70. The zero-order valence-electron chi connectivity index (χ0n) is 9.73. The minimum Gasteiger partial charge on any atom is -0.463 e. The molecular weight excluding hydrogens is 308 g/mol. The lowest BCUT2D eigenvalue weighted by molar-refractivity contribution is -0.138. The molecule has 0 saturated carbocycles. The molecule has 0 aromatic heterocycles. The second kappa shape index (κ2) is 6.49.